The Kier molecular flexibility index (Phi) is 9.33. The van der Waals surface area contributed by atoms with Gasteiger partial charge in [-0.3, -0.25) is 5.32 Å². The SMILES string of the molecule is O=C(O)/C=C/CC[C@H](Oc1ccccc1)[C@@H](OC(=O)Nc1ccccc1)c1cc(I)ccc1O. The van der Waals surface area contributed by atoms with Crippen LogP contribution in [0.4, 0.5) is 10.5 Å². The van der Waals surface area contributed by atoms with Gasteiger partial charge in [-0.05, 0) is 77.9 Å². The van der Waals surface area contributed by atoms with E-state index in [1.165, 1.54) is 12.1 Å². The minimum absolute atomic E-state index is 0.0410. The van der Waals surface area contributed by atoms with Crippen molar-refractivity contribution in [2.45, 2.75) is 25.0 Å². The quantitative estimate of drug-likeness (QED) is 0.198. The molecule has 3 aromatic carbocycles. The van der Waals surface area contributed by atoms with Gasteiger partial charge in [0.1, 0.15) is 17.6 Å². The standard InChI is InChI=1S/C26H24INO6/c27-18-15-16-22(29)21(17-18)25(34-26(32)28-19-9-3-1-4-10-19)23(13-7-8-14-24(30)31)33-20-11-5-2-6-12-20/h1-6,8-12,14-17,23,25,29H,7,13H2,(H,28,32)(H,30,31)/b14-8+/t23-,25-/m0/s1. The molecular formula is C26H24INO6. The molecule has 0 unspecified atom stereocenters. The zero-order valence-corrected chi connectivity index (χ0v) is 20.3. The van der Waals surface area contributed by atoms with E-state index in [-0.39, 0.29) is 5.75 Å². The number of aliphatic carboxylic acids is 1. The van der Waals surface area contributed by atoms with Gasteiger partial charge in [-0.15, -0.1) is 0 Å². The molecular weight excluding hydrogens is 549 g/mol. The van der Waals surface area contributed by atoms with E-state index in [1.54, 1.807) is 48.5 Å². The Labute approximate surface area is 211 Å². The average molecular weight is 573 g/mol. The highest BCUT2D eigenvalue weighted by atomic mass is 127. The van der Waals surface area contributed by atoms with E-state index in [0.29, 0.717) is 29.8 Å². The lowest BCUT2D eigenvalue weighted by atomic mass is 9.99. The van der Waals surface area contributed by atoms with Crippen LogP contribution in [-0.4, -0.2) is 28.4 Å². The van der Waals surface area contributed by atoms with Crippen LogP contribution in [-0.2, 0) is 9.53 Å². The van der Waals surface area contributed by atoms with Crippen molar-refractivity contribution in [3.8, 4) is 11.5 Å². The number of carboxylic acid groups (broad SMARTS) is 1. The fraction of sp³-hybridized carbons (Fsp3) is 0.154. The zero-order chi connectivity index (χ0) is 24.3. The van der Waals surface area contributed by atoms with Crippen molar-refractivity contribution in [3.63, 3.8) is 0 Å². The summed E-state index contributed by atoms with van der Waals surface area (Å²) in [6.45, 7) is 0. The third-order valence-electron chi connectivity index (χ3n) is 4.80. The Morgan fingerprint density at radius 3 is 2.35 bits per heavy atom. The smallest absolute Gasteiger partial charge is 0.412 e. The van der Waals surface area contributed by atoms with Gasteiger partial charge >= 0.3 is 12.1 Å². The first-order valence-electron chi connectivity index (χ1n) is 10.5. The van der Waals surface area contributed by atoms with Crippen molar-refractivity contribution in [2.24, 2.45) is 0 Å². The molecule has 0 spiro atoms. The fourth-order valence-corrected chi connectivity index (χ4v) is 3.78. The molecule has 0 aliphatic heterocycles. The lowest BCUT2D eigenvalue weighted by Gasteiger charge is -2.28. The summed E-state index contributed by atoms with van der Waals surface area (Å²) in [6, 6.07) is 22.9. The lowest BCUT2D eigenvalue weighted by Crippen LogP contribution is -2.31. The molecule has 0 aliphatic carbocycles. The number of ether oxygens (including phenoxy) is 2. The molecule has 0 bridgehead atoms. The van der Waals surface area contributed by atoms with Crippen molar-refractivity contribution in [1.82, 2.24) is 0 Å². The van der Waals surface area contributed by atoms with Gasteiger partial charge in [-0.1, -0.05) is 42.5 Å². The number of carboxylic acids is 1. The van der Waals surface area contributed by atoms with Gasteiger partial charge in [0.15, 0.2) is 6.10 Å². The first-order valence-corrected chi connectivity index (χ1v) is 11.6. The third-order valence-corrected chi connectivity index (χ3v) is 5.47. The number of benzene rings is 3. The van der Waals surface area contributed by atoms with Crippen molar-refractivity contribution in [1.29, 1.82) is 0 Å². The molecule has 2 atom stereocenters. The Morgan fingerprint density at radius 2 is 1.68 bits per heavy atom. The summed E-state index contributed by atoms with van der Waals surface area (Å²) in [5.41, 5.74) is 0.946. The van der Waals surface area contributed by atoms with Crippen LogP contribution in [0.15, 0.2) is 91.0 Å². The van der Waals surface area contributed by atoms with E-state index in [0.717, 1.165) is 9.65 Å². The summed E-state index contributed by atoms with van der Waals surface area (Å²) in [6.07, 6.45) is 0.849. The lowest BCUT2D eigenvalue weighted by molar-refractivity contribution is -0.131. The zero-order valence-electron chi connectivity index (χ0n) is 18.1. The molecule has 8 heteroatoms. The highest BCUT2D eigenvalue weighted by Gasteiger charge is 2.31. The summed E-state index contributed by atoms with van der Waals surface area (Å²) >= 11 is 2.11. The second kappa shape index (κ2) is 12.6. The first kappa shape index (κ1) is 25.1. The fourth-order valence-electron chi connectivity index (χ4n) is 3.27. The Hall–Kier alpha value is -3.53. The first-order chi connectivity index (χ1) is 16.4. The summed E-state index contributed by atoms with van der Waals surface area (Å²) in [4.78, 5) is 23.7. The molecule has 3 aromatic rings. The summed E-state index contributed by atoms with van der Waals surface area (Å²) < 4.78 is 12.8. The highest BCUT2D eigenvalue weighted by Crippen LogP contribution is 2.35. The number of aromatic hydroxyl groups is 1. The van der Waals surface area contributed by atoms with Gasteiger partial charge in [-0.2, -0.15) is 0 Å². The number of rotatable bonds is 10. The molecule has 0 fully saturated rings. The predicted octanol–water partition coefficient (Wildman–Crippen LogP) is 6.16. The molecule has 0 aromatic heterocycles. The van der Waals surface area contributed by atoms with E-state index in [4.69, 9.17) is 14.6 Å². The van der Waals surface area contributed by atoms with E-state index >= 15 is 0 Å². The summed E-state index contributed by atoms with van der Waals surface area (Å²) in [7, 11) is 0. The Balaban J connectivity index is 1.92. The van der Waals surface area contributed by atoms with Crippen LogP contribution in [0.2, 0.25) is 0 Å². The minimum atomic E-state index is -1.05. The van der Waals surface area contributed by atoms with Crippen LogP contribution in [0.3, 0.4) is 0 Å². The molecule has 0 aliphatic rings. The number of nitrogens with one attached hydrogen (secondary N) is 1. The van der Waals surface area contributed by atoms with Crippen molar-refractivity contribution >= 4 is 40.3 Å². The largest absolute Gasteiger partial charge is 0.508 e. The molecule has 1 amide bonds. The van der Waals surface area contributed by atoms with Gasteiger partial charge in [0, 0.05) is 20.9 Å². The third kappa shape index (κ3) is 7.80. The highest BCUT2D eigenvalue weighted by molar-refractivity contribution is 14.1. The maximum Gasteiger partial charge on any atom is 0.412 e. The molecule has 34 heavy (non-hydrogen) atoms. The number of anilines is 1. The predicted molar refractivity (Wildman–Crippen MR) is 137 cm³/mol. The number of halogens is 1. The monoisotopic (exact) mass is 573 g/mol. The van der Waals surface area contributed by atoms with Crippen LogP contribution < -0.4 is 10.1 Å². The maximum atomic E-state index is 12.8. The molecule has 0 heterocycles. The number of phenols is 1. The Bertz CT molecular complexity index is 1120. The second-order valence-electron chi connectivity index (χ2n) is 7.31. The number of para-hydroxylation sites is 2. The van der Waals surface area contributed by atoms with E-state index < -0.39 is 24.3 Å². The molecule has 0 saturated heterocycles. The molecule has 3 rings (SSSR count). The van der Waals surface area contributed by atoms with E-state index in [2.05, 4.69) is 27.9 Å². The van der Waals surface area contributed by atoms with Crippen LogP contribution in [0, 0.1) is 3.57 Å². The van der Waals surface area contributed by atoms with Gasteiger partial charge < -0.3 is 19.7 Å². The van der Waals surface area contributed by atoms with Gasteiger partial charge in [-0.25, -0.2) is 9.59 Å². The maximum absolute atomic E-state index is 12.8. The number of phenolic OH excluding ortho intramolecular Hbond substituents is 1. The summed E-state index contributed by atoms with van der Waals surface area (Å²) in [5.74, 6) is -0.539. The van der Waals surface area contributed by atoms with E-state index in [9.17, 15) is 14.7 Å². The van der Waals surface area contributed by atoms with Crippen LogP contribution >= 0.6 is 22.6 Å². The number of carbonyl (C=O) groups is 2. The number of carbonyl (C=O) groups excluding carboxylic acids is 1. The Morgan fingerprint density at radius 1 is 1.00 bits per heavy atom. The van der Waals surface area contributed by atoms with Gasteiger partial charge in [0.05, 0.1) is 0 Å². The topological polar surface area (TPSA) is 105 Å². The average Bonchev–Trinajstić information content (AvgIpc) is 2.82. The number of amides is 1. The molecule has 176 valence electrons. The van der Waals surface area contributed by atoms with Gasteiger partial charge in [0.25, 0.3) is 0 Å². The van der Waals surface area contributed by atoms with Crippen LogP contribution in [0.1, 0.15) is 24.5 Å². The van der Waals surface area contributed by atoms with Crippen LogP contribution in [0.5, 0.6) is 11.5 Å². The normalized spacial score (nSPS) is 12.6. The minimum Gasteiger partial charge on any atom is -0.508 e. The van der Waals surface area contributed by atoms with Gasteiger partial charge in [0.2, 0.25) is 0 Å². The number of allylic oxidation sites excluding steroid dienone is 1. The van der Waals surface area contributed by atoms with E-state index in [1.807, 2.05) is 24.3 Å². The molecule has 3 N–H and O–H groups in total. The van der Waals surface area contributed by atoms with Crippen molar-refractivity contribution in [2.75, 3.05) is 5.32 Å². The molecule has 7 nitrogen and oxygen atoms in total. The molecule has 0 saturated carbocycles. The van der Waals surface area contributed by atoms with Crippen LogP contribution in [0.25, 0.3) is 0 Å². The summed E-state index contributed by atoms with van der Waals surface area (Å²) in [5, 5.41) is 22.2. The number of hydrogen-bond acceptors (Lipinski definition) is 5. The van der Waals surface area contributed by atoms with Crippen molar-refractivity contribution in [3.05, 3.63) is 100 Å². The molecule has 0 radical (unpaired) electrons. The van der Waals surface area contributed by atoms with Crippen molar-refractivity contribution < 1.29 is 29.3 Å². The second-order valence-corrected chi connectivity index (χ2v) is 8.55. The number of hydrogen-bond donors (Lipinski definition) is 3.